The third-order valence-corrected chi connectivity index (χ3v) is 4.17. The van der Waals surface area contributed by atoms with Crippen molar-refractivity contribution in [3.05, 3.63) is 27.7 Å². The molecular formula is C14H14Cl3NO2. The molecule has 1 aliphatic heterocycles. The fourth-order valence-corrected chi connectivity index (χ4v) is 2.97. The zero-order valence-electron chi connectivity index (χ0n) is 10.8. The Morgan fingerprint density at radius 2 is 1.60 bits per heavy atom. The van der Waals surface area contributed by atoms with Gasteiger partial charge in [-0.2, -0.15) is 0 Å². The molecule has 1 amide bonds. The number of amides is 1. The number of carbonyl (C=O) groups excluding carboxylic acids is 2. The van der Waals surface area contributed by atoms with Gasteiger partial charge in [-0.3, -0.25) is 9.59 Å². The van der Waals surface area contributed by atoms with Gasteiger partial charge in [0.1, 0.15) is 0 Å². The van der Waals surface area contributed by atoms with Gasteiger partial charge in [0.05, 0.1) is 21.3 Å². The van der Waals surface area contributed by atoms with E-state index in [1.807, 2.05) is 0 Å². The molecule has 108 valence electrons. The van der Waals surface area contributed by atoms with Crippen LogP contribution in [0.2, 0.25) is 10.0 Å². The van der Waals surface area contributed by atoms with E-state index in [0.29, 0.717) is 23.1 Å². The number of carbonyl (C=O) groups is 2. The van der Waals surface area contributed by atoms with Crippen molar-refractivity contribution >= 4 is 52.2 Å². The number of anilines is 1. The second-order valence-electron chi connectivity index (χ2n) is 4.64. The highest BCUT2D eigenvalue weighted by Crippen LogP contribution is 2.40. The van der Waals surface area contributed by atoms with E-state index in [0.717, 1.165) is 25.7 Å². The van der Waals surface area contributed by atoms with Gasteiger partial charge in [-0.05, 0) is 25.0 Å². The molecule has 0 aliphatic carbocycles. The maximum atomic E-state index is 12.0. The maximum Gasteiger partial charge on any atom is 0.299 e. The Labute approximate surface area is 132 Å². The number of ketones is 1. The lowest BCUT2D eigenvalue weighted by molar-refractivity contribution is -0.114. The summed E-state index contributed by atoms with van der Waals surface area (Å²) in [7, 11) is 0. The summed E-state index contributed by atoms with van der Waals surface area (Å²) in [4.78, 5) is 25.4. The first-order valence-electron chi connectivity index (χ1n) is 6.48. The van der Waals surface area contributed by atoms with Crippen molar-refractivity contribution in [2.75, 3.05) is 17.3 Å². The summed E-state index contributed by atoms with van der Waals surface area (Å²) in [5.41, 5.74) is 0.677. The lowest BCUT2D eigenvalue weighted by atomic mass is 10.1. The molecule has 20 heavy (non-hydrogen) atoms. The Balaban J connectivity index is 2.14. The molecule has 0 N–H and O–H groups in total. The van der Waals surface area contributed by atoms with E-state index >= 15 is 0 Å². The van der Waals surface area contributed by atoms with Crippen LogP contribution in [0.15, 0.2) is 12.1 Å². The van der Waals surface area contributed by atoms with E-state index < -0.39 is 11.7 Å². The minimum Gasteiger partial charge on any atom is -0.303 e. The molecule has 6 heteroatoms. The van der Waals surface area contributed by atoms with Crippen molar-refractivity contribution in [3.8, 4) is 0 Å². The number of nitrogens with zero attached hydrogens (tertiary/aromatic N) is 1. The molecule has 0 unspecified atom stereocenters. The maximum absolute atomic E-state index is 12.0. The molecule has 0 saturated carbocycles. The van der Waals surface area contributed by atoms with Crippen LogP contribution in [-0.4, -0.2) is 24.1 Å². The summed E-state index contributed by atoms with van der Waals surface area (Å²) in [5, 5.41) is 0.650. The Bertz CT molecular complexity index is 545. The number of hydrogen-bond acceptors (Lipinski definition) is 2. The van der Waals surface area contributed by atoms with Crippen LogP contribution >= 0.6 is 34.8 Å². The summed E-state index contributed by atoms with van der Waals surface area (Å²) in [5.74, 6) is -0.480. The first-order chi connectivity index (χ1) is 9.57. The Kier molecular flexibility index (Phi) is 5.30. The standard InChI is InChI=1S/C14H14Cl3NO2/c15-7-3-1-2-4-8-18-12-10(17)6-5-9(16)11(12)13(19)14(18)20/h5-6H,1-4,7-8H2. The van der Waals surface area contributed by atoms with Gasteiger partial charge in [-0.15, -0.1) is 11.6 Å². The van der Waals surface area contributed by atoms with E-state index in [2.05, 4.69) is 0 Å². The second-order valence-corrected chi connectivity index (χ2v) is 5.83. The first-order valence-corrected chi connectivity index (χ1v) is 7.77. The molecule has 2 rings (SSSR count). The van der Waals surface area contributed by atoms with Crippen LogP contribution in [0.5, 0.6) is 0 Å². The predicted molar refractivity (Wildman–Crippen MR) is 82.3 cm³/mol. The van der Waals surface area contributed by atoms with E-state index in [-0.39, 0.29) is 10.6 Å². The average Bonchev–Trinajstić information content (AvgIpc) is 2.68. The first kappa shape index (κ1) is 15.6. The van der Waals surface area contributed by atoms with Crippen LogP contribution in [0.4, 0.5) is 5.69 Å². The highest BCUT2D eigenvalue weighted by atomic mass is 35.5. The molecule has 1 aromatic rings. The minimum absolute atomic E-state index is 0.227. The number of unbranched alkanes of at least 4 members (excludes halogenated alkanes) is 3. The van der Waals surface area contributed by atoms with Crippen LogP contribution in [0.1, 0.15) is 36.0 Å². The van der Waals surface area contributed by atoms with Crippen molar-refractivity contribution < 1.29 is 9.59 Å². The zero-order chi connectivity index (χ0) is 14.7. The number of hydrogen-bond donors (Lipinski definition) is 0. The predicted octanol–water partition coefficient (Wildman–Crippen LogP) is 4.32. The van der Waals surface area contributed by atoms with Gasteiger partial charge in [-0.25, -0.2) is 0 Å². The topological polar surface area (TPSA) is 37.4 Å². The normalized spacial score (nSPS) is 14.1. The SMILES string of the molecule is O=C1C(=O)N(CCCCCCCl)c2c(Cl)ccc(Cl)c21. The van der Waals surface area contributed by atoms with Crippen molar-refractivity contribution in [2.24, 2.45) is 0 Å². The number of halogens is 3. The number of alkyl halides is 1. The molecule has 1 aromatic carbocycles. The third kappa shape index (κ3) is 2.95. The highest BCUT2D eigenvalue weighted by Gasteiger charge is 2.38. The summed E-state index contributed by atoms with van der Waals surface area (Å²) >= 11 is 17.7. The average molecular weight is 335 g/mol. The monoisotopic (exact) mass is 333 g/mol. The second kappa shape index (κ2) is 6.79. The molecular weight excluding hydrogens is 321 g/mol. The number of rotatable bonds is 6. The summed E-state index contributed by atoms with van der Waals surface area (Å²) in [6.07, 6.45) is 3.73. The van der Waals surface area contributed by atoms with Crippen LogP contribution in [-0.2, 0) is 4.79 Å². The van der Waals surface area contributed by atoms with Gasteiger partial charge in [-0.1, -0.05) is 36.0 Å². The van der Waals surface area contributed by atoms with E-state index in [4.69, 9.17) is 34.8 Å². The van der Waals surface area contributed by atoms with Crippen LogP contribution in [0.25, 0.3) is 0 Å². The van der Waals surface area contributed by atoms with E-state index in [9.17, 15) is 9.59 Å². The van der Waals surface area contributed by atoms with Crippen LogP contribution in [0.3, 0.4) is 0 Å². The summed E-state index contributed by atoms with van der Waals surface area (Å²) in [6, 6.07) is 3.15. The van der Waals surface area contributed by atoms with Crippen molar-refractivity contribution in [2.45, 2.75) is 25.7 Å². The summed E-state index contributed by atoms with van der Waals surface area (Å²) < 4.78 is 0. The Morgan fingerprint density at radius 1 is 0.950 bits per heavy atom. The highest BCUT2D eigenvalue weighted by molar-refractivity contribution is 6.56. The van der Waals surface area contributed by atoms with Gasteiger partial charge < -0.3 is 4.90 Å². The fourth-order valence-electron chi connectivity index (χ4n) is 2.28. The van der Waals surface area contributed by atoms with Crippen molar-refractivity contribution in [1.82, 2.24) is 0 Å². The van der Waals surface area contributed by atoms with Crippen molar-refractivity contribution in [1.29, 1.82) is 0 Å². The molecule has 1 heterocycles. The molecule has 0 bridgehead atoms. The van der Waals surface area contributed by atoms with E-state index in [1.54, 1.807) is 6.07 Å². The van der Waals surface area contributed by atoms with Gasteiger partial charge in [0, 0.05) is 12.4 Å². The van der Waals surface area contributed by atoms with Crippen LogP contribution in [0, 0.1) is 0 Å². The number of benzene rings is 1. The number of fused-ring (bicyclic) bond motifs is 1. The van der Waals surface area contributed by atoms with Gasteiger partial charge in [0.2, 0.25) is 0 Å². The Morgan fingerprint density at radius 3 is 2.30 bits per heavy atom. The van der Waals surface area contributed by atoms with E-state index in [1.165, 1.54) is 11.0 Å². The van der Waals surface area contributed by atoms with Crippen molar-refractivity contribution in [3.63, 3.8) is 0 Å². The van der Waals surface area contributed by atoms with Gasteiger partial charge >= 0.3 is 0 Å². The molecule has 0 spiro atoms. The largest absolute Gasteiger partial charge is 0.303 e. The van der Waals surface area contributed by atoms with Gasteiger partial charge in [0.15, 0.2) is 0 Å². The molecule has 1 aliphatic rings. The fraction of sp³-hybridized carbons (Fsp3) is 0.429. The molecule has 0 saturated heterocycles. The Hall–Kier alpha value is -0.770. The van der Waals surface area contributed by atoms with Crippen LogP contribution < -0.4 is 4.90 Å². The zero-order valence-corrected chi connectivity index (χ0v) is 13.1. The third-order valence-electron chi connectivity index (χ3n) is 3.28. The lowest BCUT2D eigenvalue weighted by Gasteiger charge is -2.17. The molecule has 0 radical (unpaired) electrons. The quantitative estimate of drug-likeness (QED) is 0.441. The molecule has 3 nitrogen and oxygen atoms in total. The molecule has 0 atom stereocenters. The molecule has 0 aromatic heterocycles. The summed E-state index contributed by atoms with van der Waals surface area (Å²) in [6.45, 7) is 0.472. The smallest absolute Gasteiger partial charge is 0.299 e. The lowest BCUT2D eigenvalue weighted by Crippen LogP contribution is -2.30. The molecule has 0 fully saturated rings. The number of Topliss-reactive ketones (excluding diaryl/α,β-unsaturated/α-hetero) is 1. The minimum atomic E-state index is -0.576. The van der Waals surface area contributed by atoms with Gasteiger partial charge in [0.25, 0.3) is 11.7 Å².